The molecule has 0 bridgehead atoms. The predicted molar refractivity (Wildman–Crippen MR) is 130 cm³/mol. The van der Waals surface area contributed by atoms with Crippen molar-refractivity contribution in [3.63, 3.8) is 0 Å². The van der Waals surface area contributed by atoms with E-state index < -0.39 is 9.84 Å². The molecule has 1 aliphatic carbocycles. The zero-order chi connectivity index (χ0) is 24.8. The van der Waals surface area contributed by atoms with Crippen molar-refractivity contribution in [1.29, 1.82) is 0 Å². The molecule has 2 unspecified atom stereocenters. The van der Waals surface area contributed by atoms with Gasteiger partial charge in [-0.15, -0.1) is 0 Å². The summed E-state index contributed by atoms with van der Waals surface area (Å²) in [5.41, 5.74) is 2.22. The second-order valence-corrected chi connectivity index (χ2v) is 11.0. The summed E-state index contributed by atoms with van der Waals surface area (Å²) >= 11 is 0. The maximum Gasteiger partial charge on any atom is 0.423 e. The number of nitrogens with zero attached hydrogens (tertiary/aromatic N) is 1. The largest absolute Gasteiger partial charge is 0.486 e. The minimum absolute atomic E-state index is 0.0241. The Balaban J connectivity index is 1.53. The summed E-state index contributed by atoms with van der Waals surface area (Å²) in [7, 11) is -1.75. The number of ether oxygens (including phenoxy) is 2. The van der Waals surface area contributed by atoms with E-state index in [4.69, 9.17) is 9.47 Å². The number of hydrogen-bond donors (Lipinski definition) is 2. The first-order valence-corrected chi connectivity index (χ1v) is 13.4. The van der Waals surface area contributed by atoms with Gasteiger partial charge in [-0.25, -0.2) is 22.9 Å². The zero-order valence-corrected chi connectivity index (χ0v) is 20.5. The quantitative estimate of drug-likeness (QED) is 0.526. The standard InChI is InChI=1S/C25H29N3O6S/c1-33-24(29)19-7-8-20(26-17-19)18-28(25(30)27-13-15-35(31,32)16-14-27)21-9-11-23(12-10-21)34-22-5-3-2-4-6-22/h2-5,7-12,22,26H,6,13-18H2,1H3/p+2. The second kappa shape index (κ2) is 11.0. The van der Waals surface area contributed by atoms with Gasteiger partial charge in [-0.1, -0.05) is 18.2 Å². The van der Waals surface area contributed by atoms with Crippen LogP contribution in [0.4, 0.5) is 10.5 Å². The SMILES string of the molecule is COC(=O)C1=CC=C(C[NH+](C(=O)N2CCS(=O)(=O)CC2)c2ccc(OC3C=CC=CC3)cc2)[NH2+]C1. The summed E-state index contributed by atoms with van der Waals surface area (Å²) < 4.78 is 34.5. The van der Waals surface area contributed by atoms with Crippen molar-refractivity contribution < 1.29 is 37.7 Å². The third-order valence-electron chi connectivity index (χ3n) is 6.23. The molecule has 3 N–H and O–H groups in total. The number of carbonyl (C=O) groups is 2. The van der Waals surface area contributed by atoms with E-state index in [0.29, 0.717) is 29.3 Å². The Morgan fingerprint density at radius 2 is 1.86 bits per heavy atom. The lowest BCUT2D eigenvalue weighted by atomic mass is 10.1. The zero-order valence-electron chi connectivity index (χ0n) is 19.7. The van der Waals surface area contributed by atoms with Crippen LogP contribution in [0, 0.1) is 0 Å². The van der Waals surface area contributed by atoms with Gasteiger partial charge in [0.2, 0.25) is 0 Å². The molecule has 0 saturated carbocycles. The molecular formula is C25H31N3O6S+2. The third-order valence-corrected chi connectivity index (χ3v) is 7.84. The average Bonchev–Trinajstić information content (AvgIpc) is 2.88. The fraction of sp³-hybridized carbons (Fsp3) is 0.360. The number of quaternary nitrogens is 2. The summed E-state index contributed by atoms with van der Waals surface area (Å²) in [4.78, 5) is 27.5. The summed E-state index contributed by atoms with van der Waals surface area (Å²) in [5, 5.41) is 1.92. The Kier molecular flexibility index (Phi) is 7.84. The van der Waals surface area contributed by atoms with E-state index in [0.717, 1.165) is 17.8 Å². The van der Waals surface area contributed by atoms with Crippen molar-refractivity contribution in [2.45, 2.75) is 12.5 Å². The van der Waals surface area contributed by atoms with Gasteiger partial charge < -0.3 is 14.8 Å². The summed E-state index contributed by atoms with van der Waals surface area (Å²) in [5.74, 6) is 0.290. The number of benzene rings is 1. The number of sulfone groups is 1. The molecule has 1 aromatic carbocycles. The summed E-state index contributed by atoms with van der Waals surface area (Å²) in [6.45, 7) is 1.16. The average molecular weight is 502 g/mol. The number of carbonyl (C=O) groups excluding carboxylic acids is 2. The van der Waals surface area contributed by atoms with Gasteiger partial charge in [-0.2, -0.15) is 0 Å². The van der Waals surface area contributed by atoms with Gasteiger partial charge in [0.1, 0.15) is 24.1 Å². The van der Waals surface area contributed by atoms with Gasteiger partial charge in [-0.3, -0.25) is 4.90 Å². The molecule has 3 aliphatic rings. The molecule has 0 radical (unpaired) electrons. The maximum absolute atomic E-state index is 13.5. The van der Waals surface area contributed by atoms with Crippen molar-refractivity contribution in [3.8, 4) is 5.75 Å². The van der Waals surface area contributed by atoms with Crippen molar-refractivity contribution >= 4 is 27.5 Å². The van der Waals surface area contributed by atoms with Crippen LogP contribution < -0.4 is 15.0 Å². The fourth-order valence-electron chi connectivity index (χ4n) is 4.16. The van der Waals surface area contributed by atoms with Gasteiger partial charge in [-0.05, 0) is 24.3 Å². The lowest BCUT2D eigenvalue weighted by molar-refractivity contribution is -0.762. The van der Waals surface area contributed by atoms with Crippen LogP contribution in [-0.2, 0) is 19.4 Å². The monoisotopic (exact) mass is 501 g/mol. The Hall–Kier alpha value is -3.21. The number of methoxy groups -OCH3 is 1. The van der Waals surface area contributed by atoms with Crippen LogP contribution in [0.25, 0.3) is 0 Å². The first-order valence-electron chi connectivity index (χ1n) is 11.6. The van der Waals surface area contributed by atoms with Crippen LogP contribution in [0.15, 0.2) is 72.0 Å². The van der Waals surface area contributed by atoms with Crippen molar-refractivity contribution in [2.75, 3.05) is 44.8 Å². The third kappa shape index (κ3) is 6.47. The summed E-state index contributed by atoms with van der Waals surface area (Å²) in [6.07, 6.45) is 12.3. The van der Waals surface area contributed by atoms with Crippen LogP contribution in [0.5, 0.6) is 5.75 Å². The lowest BCUT2D eigenvalue weighted by Crippen LogP contribution is -3.13. The van der Waals surface area contributed by atoms with Gasteiger partial charge in [0.05, 0.1) is 24.2 Å². The number of rotatable bonds is 6. The molecule has 2 heterocycles. The second-order valence-electron chi connectivity index (χ2n) is 8.66. The smallest absolute Gasteiger partial charge is 0.423 e. The molecule has 4 rings (SSSR count). The number of amides is 2. The van der Waals surface area contributed by atoms with Crippen molar-refractivity contribution in [2.24, 2.45) is 0 Å². The van der Waals surface area contributed by atoms with E-state index in [1.54, 1.807) is 11.0 Å². The Bertz CT molecular complexity index is 1170. The molecule has 1 fully saturated rings. The van der Waals surface area contributed by atoms with Crippen molar-refractivity contribution in [3.05, 3.63) is 72.0 Å². The molecule has 186 valence electrons. The molecule has 1 saturated heterocycles. The van der Waals surface area contributed by atoms with Crippen LogP contribution in [0.3, 0.4) is 0 Å². The van der Waals surface area contributed by atoms with E-state index in [9.17, 15) is 18.0 Å². The van der Waals surface area contributed by atoms with E-state index in [-0.39, 0.29) is 42.7 Å². The van der Waals surface area contributed by atoms with Crippen LogP contribution in [-0.4, -0.2) is 76.2 Å². The molecule has 1 aromatic rings. The van der Waals surface area contributed by atoms with E-state index >= 15 is 0 Å². The number of esters is 1. The minimum Gasteiger partial charge on any atom is -0.486 e. The predicted octanol–water partition coefficient (Wildman–Crippen LogP) is -0.123. The number of hydrogen-bond acceptors (Lipinski definition) is 6. The van der Waals surface area contributed by atoms with Crippen molar-refractivity contribution in [1.82, 2.24) is 4.90 Å². The minimum atomic E-state index is -3.10. The topological polar surface area (TPSA) is 111 Å². The normalized spacial score (nSPS) is 22.1. The van der Waals surface area contributed by atoms with Crippen LogP contribution >= 0.6 is 0 Å². The number of nitrogens with two attached hydrogens (primary N) is 1. The maximum atomic E-state index is 13.5. The van der Waals surface area contributed by atoms with E-state index in [2.05, 4.69) is 6.08 Å². The highest BCUT2D eigenvalue weighted by atomic mass is 32.2. The molecule has 10 heteroatoms. The highest BCUT2D eigenvalue weighted by Crippen LogP contribution is 2.18. The fourth-order valence-corrected chi connectivity index (χ4v) is 5.37. The molecule has 0 aromatic heterocycles. The van der Waals surface area contributed by atoms with Crippen LogP contribution in [0.1, 0.15) is 6.42 Å². The Morgan fingerprint density at radius 1 is 1.11 bits per heavy atom. The van der Waals surface area contributed by atoms with E-state index in [1.165, 1.54) is 7.11 Å². The highest BCUT2D eigenvalue weighted by Gasteiger charge is 2.34. The first kappa shape index (κ1) is 24.9. The number of nitrogens with one attached hydrogen (secondary N) is 1. The molecule has 9 nitrogen and oxygen atoms in total. The Morgan fingerprint density at radius 3 is 2.46 bits per heavy atom. The molecule has 35 heavy (non-hydrogen) atoms. The van der Waals surface area contributed by atoms with Crippen LogP contribution in [0.2, 0.25) is 0 Å². The van der Waals surface area contributed by atoms with E-state index in [1.807, 2.05) is 53.9 Å². The Labute approximate surface area is 205 Å². The van der Waals surface area contributed by atoms with Gasteiger partial charge in [0.25, 0.3) is 0 Å². The van der Waals surface area contributed by atoms with Gasteiger partial charge in [0.15, 0.2) is 22.1 Å². The summed E-state index contributed by atoms with van der Waals surface area (Å²) in [6, 6.07) is 7.26. The molecule has 2 atom stereocenters. The molecule has 2 amide bonds. The highest BCUT2D eigenvalue weighted by molar-refractivity contribution is 7.91. The molecule has 2 aliphatic heterocycles. The number of allylic oxidation sites excluding steroid dienone is 4. The van der Waals surface area contributed by atoms with Gasteiger partial charge in [0, 0.05) is 37.7 Å². The van der Waals surface area contributed by atoms with Gasteiger partial charge >= 0.3 is 12.0 Å². The molecule has 0 spiro atoms. The first-order chi connectivity index (χ1) is 16.8. The lowest BCUT2D eigenvalue weighted by Gasteiger charge is -2.29. The molecular weight excluding hydrogens is 470 g/mol. The number of urea groups is 1.